The van der Waals surface area contributed by atoms with Crippen molar-refractivity contribution in [3.05, 3.63) is 125 Å². The van der Waals surface area contributed by atoms with Gasteiger partial charge in [-0.15, -0.1) is 0 Å². The molecule has 0 saturated carbocycles. The first-order valence-electron chi connectivity index (χ1n) is 23.4. The van der Waals surface area contributed by atoms with Crippen LogP contribution in [0.3, 0.4) is 0 Å². The molecule has 0 aliphatic heterocycles. The molecule has 0 bridgehead atoms. The maximum atomic E-state index is 13.5. The maximum absolute atomic E-state index is 13.5. The molecule has 0 aromatic heterocycles. The van der Waals surface area contributed by atoms with Gasteiger partial charge in [-0.25, -0.2) is 32.3 Å². The van der Waals surface area contributed by atoms with Crippen LogP contribution in [0.25, 0.3) is 0 Å². The van der Waals surface area contributed by atoms with Gasteiger partial charge in [0.05, 0.1) is 29.4 Å². The molecule has 68 heavy (non-hydrogen) atoms. The SMILES string of the molecule is CCCCCCC(C)Oc1cc(F)c(C(=O)O)c(F)c1.CCCCCCC(C)Oc1ccc(C(=O)O)c(F)c1.CCCCCCC(C)Oc1ccc(C(=O)O)cc1.O=C(O)[C@H](O)c1ccccc1. The quantitative estimate of drug-likeness (QED) is 0.0374. The zero-order valence-electron chi connectivity index (χ0n) is 40.2. The lowest BCUT2D eigenvalue weighted by molar-refractivity contribution is -0.146. The number of ether oxygens (including phenoxy) is 3. The van der Waals surface area contributed by atoms with E-state index in [9.17, 15) is 32.3 Å². The van der Waals surface area contributed by atoms with Crippen LogP contribution in [0.15, 0.2) is 84.9 Å². The number of aliphatic carboxylic acids is 1. The van der Waals surface area contributed by atoms with E-state index in [4.69, 9.17) is 39.7 Å². The summed E-state index contributed by atoms with van der Waals surface area (Å²) in [6.07, 6.45) is 15.4. The van der Waals surface area contributed by atoms with Gasteiger partial charge in [-0.1, -0.05) is 109 Å². The topological polar surface area (TPSA) is 197 Å². The Morgan fingerprint density at radius 1 is 0.485 bits per heavy atom. The zero-order chi connectivity index (χ0) is 51.0. The number of hydrogen-bond acceptors (Lipinski definition) is 8. The molecule has 5 N–H and O–H groups in total. The van der Waals surface area contributed by atoms with Crippen molar-refractivity contribution in [2.75, 3.05) is 0 Å². The smallest absolute Gasteiger partial charge is 0.341 e. The highest BCUT2D eigenvalue weighted by molar-refractivity contribution is 5.89. The highest BCUT2D eigenvalue weighted by Crippen LogP contribution is 2.24. The number of aromatic carboxylic acids is 3. The molecule has 4 aromatic rings. The van der Waals surface area contributed by atoms with E-state index in [-0.39, 0.29) is 35.2 Å². The van der Waals surface area contributed by atoms with Crippen molar-refractivity contribution in [1.29, 1.82) is 0 Å². The molecular formula is C53H71F3O12. The number of hydrogen-bond donors (Lipinski definition) is 5. The minimum Gasteiger partial charge on any atom is -0.491 e. The number of aliphatic hydroxyl groups excluding tert-OH is 1. The average Bonchev–Trinajstić information content (AvgIpc) is 3.28. The summed E-state index contributed by atoms with van der Waals surface area (Å²) < 4.78 is 57.1. The first kappa shape index (κ1) is 59.9. The number of aliphatic hydroxyl groups is 1. The van der Waals surface area contributed by atoms with Crippen molar-refractivity contribution in [1.82, 2.24) is 0 Å². The van der Waals surface area contributed by atoms with Gasteiger partial charge in [0.25, 0.3) is 0 Å². The molecule has 12 nitrogen and oxygen atoms in total. The molecule has 0 saturated heterocycles. The predicted molar refractivity (Wildman–Crippen MR) is 256 cm³/mol. The molecule has 4 rings (SSSR count). The average molecular weight is 957 g/mol. The number of halogens is 3. The van der Waals surface area contributed by atoms with E-state index in [1.807, 2.05) is 13.8 Å². The normalized spacial score (nSPS) is 12.2. The monoisotopic (exact) mass is 956 g/mol. The summed E-state index contributed by atoms with van der Waals surface area (Å²) in [6, 6.07) is 20.5. The zero-order valence-corrected chi connectivity index (χ0v) is 40.2. The highest BCUT2D eigenvalue weighted by atomic mass is 19.1. The standard InChI is InChI=1S/C15H20F2O3.C15H21FO3.C15H22O3.C8H8O3/c1-3-4-5-6-7-10(2)20-11-8-12(16)14(15(18)19)13(17)9-11;1-3-4-5-6-7-11(2)19-12-8-9-13(15(17)18)14(16)10-12;1-3-4-5-6-7-12(2)18-14-10-8-13(9-11-14)15(16)17;9-7(8(10)11)6-4-2-1-3-5-6/h8-10H,3-7H2,1-2H3,(H,18,19);8-11H,3-7H2,1-2H3,(H,17,18);8-12H,3-7H2,1-2H3,(H,16,17);1-5,7,9H,(H,10,11)/t;;;7-/m...1/s1. The van der Waals surface area contributed by atoms with Gasteiger partial charge < -0.3 is 39.7 Å². The lowest BCUT2D eigenvalue weighted by Gasteiger charge is -2.15. The third-order valence-corrected chi connectivity index (χ3v) is 10.3. The maximum Gasteiger partial charge on any atom is 0.341 e. The Balaban J connectivity index is 0.000000462. The summed E-state index contributed by atoms with van der Waals surface area (Å²) in [5, 5.41) is 43.6. The summed E-state index contributed by atoms with van der Waals surface area (Å²) in [5.41, 5.74) is -0.589. The van der Waals surface area contributed by atoms with Gasteiger partial charge in [-0.2, -0.15) is 0 Å². The van der Waals surface area contributed by atoms with Crippen molar-refractivity contribution < 1.29 is 72.1 Å². The van der Waals surface area contributed by atoms with Crippen LogP contribution in [0.1, 0.15) is 181 Å². The Morgan fingerprint density at radius 3 is 1.28 bits per heavy atom. The molecule has 4 aromatic carbocycles. The van der Waals surface area contributed by atoms with Crippen LogP contribution < -0.4 is 14.2 Å². The summed E-state index contributed by atoms with van der Waals surface area (Å²) in [4.78, 5) is 42.3. The van der Waals surface area contributed by atoms with Gasteiger partial charge in [-0.05, 0) is 101 Å². The molecule has 0 amide bonds. The molecule has 4 atom stereocenters. The van der Waals surface area contributed by atoms with E-state index < -0.39 is 53.0 Å². The van der Waals surface area contributed by atoms with Crippen LogP contribution in [0.5, 0.6) is 17.2 Å². The van der Waals surface area contributed by atoms with E-state index in [0.717, 1.165) is 75.3 Å². The number of carboxylic acid groups (broad SMARTS) is 4. The van der Waals surface area contributed by atoms with Crippen molar-refractivity contribution in [2.45, 2.75) is 162 Å². The lowest BCUT2D eigenvalue weighted by Crippen LogP contribution is -2.13. The molecule has 0 radical (unpaired) electrons. The van der Waals surface area contributed by atoms with Crippen LogP contribution in [-0.2, 0) is 4.79 Å². The third kappa shape index (κ3) is 25.2. The van der Waals surface area contributed by atoms with Crippen LogP contribution in [0.4, 0.5) is 13.2 Å². The second-order valence-corrected chi connectivity index (χ2v) is 16.3. The molecule has 0 fully saturated rings. The minimum atomic E-state index is -1.63. The minimum absolute atomic E-state index is 0.00642. The fraction of sp³-hybridized carbons (Fsp3) is 0.472. The molecule has 0 aliphatic carbocycles. The molecule has 376 valence electrons. The van der Waals surface area contributed by atoms with Crippen molar-refractivity contribution in [3.8, 4) is 17.2 Å². The first-order valence-corrected chi connectivity index (χ1v) is 23.4. The van der Waals surface area contributed by atoms with E-state index >= 15 is 0 Å². The first-order chi connectivity index (χ1) is 32.3. The van der Waals surface area contributed by atoms with Crippen LogP contribution in [0.2, 0.25) is 0 Å². The molecule has 15 heteroatoms. The van der Waals surface area contributed by atoms with Crippen molar-refractivity contribution >= 4 is 23.9 Å². The largest absolute Gasteiger partial charge is 0.491 e. The van der Waals surface area contributed by atoms with Gasteiger partial charge in [-0.3, -0.25) is 0 Å². The molecule has 0 aliphatic rings. The van der Waals surface area contributed by atoms with Gasteiger partial charge >= 0.3 is 23.9 Å². The molecule has 3 unspecified atom stereocenters. The van der Waals surface area contributed by atoms with Crippen LogP contribution in [0, 0.1) is 17.5 Å². The number of carboxylic acids is 4. The molecule has 0 heterocycles. The van der Waals surface area contributed by atoms with Gasteiger partial charge in [0.15, 0.2) is 6.10 Å². The fourth-order valence-electron chi connectivity index (χ4n) is 6.47. The highest BCUT2D eigenvalue weighted by Gasteiger charge is 2.19. The molecule has 0 spiro atoms. The van der Waals surface area contributed by atoms with Crippen LogP contribution >= 0.6 is 0 Å². The Bertz CT molecular complexity index is 2040. The lowest BCUT2D eigenvalue weighted by atomic mass is 10.1. The van der Waals surface area contributed by atoms with Gasteiger partial charge in [0.2, 0.25) is 0 Å². The van der Waals surface area contributed by atoms with E-state index in [0.29, 0.717) is 11.3 Å². The Kier molecular flexibility index (Phi) is 30.2. The number of unbranched alkanes of at least 4 members (excludes halogenated alkanes) is 9. The Morgan fingerprint density at radius 2 is 0.897 bits per heavy atom. The summed E-state index contributed by atoms with van der Waals surface area (Å²) in [7, 11) is 0. The summed E-state index contributed by atoms with van der Waals surface area (Å²) in [5.74, 6) is -6.89. The van der Waals surface area contributed by atoms with E-state index in [2.05, 4.69) is 27.7 Å². The number of benzene rings is 4. The van der Waals surface area contributed by atoms with Crippen LogP contribution in [-0.4, -0.2) is 67.7 Å². The third-order valence-electron chi connectivity index (χ3n) is 10.3. The second kappa shape index (κ2) is 34.2. The fourth-order valence-corrected chi connectivity index (χ4v) is 6.47. The van der Waals surface area contributed by atoms with Crippen molar-refractivity contribution in [2.24, 2.45) is 0 Å². The predicted octanol–water partition coefficient (Wildman–Crippen LogP) is 13.6. The number of rotatable bonds is 26. The van der Waals surface area contributed by atoms with E-state index in [1.54, 1.807) is 54.6 Å². The van der Waals surface area contributed by atoms with E-state index in [1.165, 1.54) is 57.1 Å². The van der Waals surface area contributed by atoms with Gasteiger partial charge in [0, 0.05) is 18.2 Å². The summed E-state index contributed by atoms with van der Waals surface area (Å²) in [6.45, 7) is 12.3. The second-order valence-electron chi connectivity index (χ2n) is 16.3. The number of carbonyl (C=O) groups is 4. The molecular weight excluding hydrogens is 886 g/mol. The Labute approximate surface area is 399 Å². The Hall–Kier alpha value is -6.09. The van der Waals surface area contributed by atoms with Gasteiger partial charge in [0.1, 0.15) is 40.3 Å². The summed E-state index contributed by atoms with van der Waals surface area (Å²) >= 11 is 0. The van der Waals surface area contributed by atoms with Crippen molar-refractivity contribution in [3.63, 3.8) is 0 Å².